The van der Waals surface area contributed by atoms with Crippen molar-refractivity contribution >= 4 is 28.3 Å². The summed E-state index contributed by atoms with van der Waals surface area (Å²) in [4.78, 5) is 33.6. The van der Waals surface area contributed by atoms with Gasteiger partial charge in [-0.25, -0.2) is 4.98 Å². The molecule has 0 bridgehead atoms. The van der Waals surface area contributed by atoms with Crippen molar-refractivity contribution in [1.82, 2.24) is 15.2 Å². The molecule has 25 heavy (non-hydrogen) atoms. The number of aromatic nitrogens is 1. The molecule has 1 saturated heterocycles. The highest BCUT2D eigenvalue weighted by Gasteiger charge is 2.30. The molecular weight excluding hydrogens is 336 g/mol. The molecule has 0 saturated carbocycles. The van der Waals surface area contributed by atoms with Crippen LogP contribution in [0.4, 0.5) is 5.13 Å². The third-order valence-electron chi connectivity index (χ3n) is 4.34. The van der Waals surface area contributed by atoms with Gasteiger partial charge < -0.3 is 15.1 Å². The summed E-state index contributed by atoms with van der Waals surface area (Å²) < 4.78 is 0. The fourth-order valence-electron chi connectivity index (χ4n) is 3.01. The molecule has 0 unspecified atom stereocenters. The molecule has 1 N–H and O–H groups in total. The summed E-state index contributed by atoms with van der Waals surface area (Å²) in [6.07, 6.45) is 3.18. The van der Waals surface area contributed by atoms with Crippen molar-refractivity contribution in [1.29, 1.82) is 0 Å². The summed E-state index contributed by atoms with van der Waals surface area (Å²) in [6, 6.07) is -0.447. The Morgan fingerprint density at radius 1 is 1.20 bits per heavy atom. The van der Waals surface area contributed by atoms with E-state index in [4.69, 9.17) is 0 Å². The Kier molecular flexibility index (Phi) is 7.23. The number of thiazole rings is 1. The predicted octanol–water partition coefficient (Wildman–Crippen LogP) is 2.37. The Hall–Kier alpha value is -1.63. The van der Waals surface area contributed by atoms with Crippen LogP contribution in [0.1, 0.15) is 40.5 Å². The Morgan fingerprint density at radius 3 is 2.56 bits per heavy atom. The summed E-state index contributed by atoms with van der Waals surface area (Å²) in [5, 5.41) is 5.94. The largest absolute Gasteiger partial charge is 0.346 e. The van der Waals surface area contributed by atoms with Crippen LogP contribution in [-0.4, -0.2) is 53.9 Å². The van der Waals surface area contributed by atoms with Crippen LogP contribution < -0.4 is 10.2 Å². The zero-order valence-corrected chi connectivity index (χ0v) is 16.5. The van der Waals surface area contributed by atoms with Gasteiger partial charge in [0.2, 0.25) is 11.8 Å². The molecule has 6 nitrogen and oxygen atoms in total. The van der Waals surface area contributed by atoms with Crippen LogP contribution in [-0.2, 0) is 9.59 Å². The maximum absolute atomic E-state index is 13.0. The number of nitrogens with one attached hydrogen (secondary N) is 1. The molecule has 1 aromatic heterocycles. The summed E-state index contributed by atoms with van der Waals surface area (Å²) in [7, 11) is 0. The van der Waals surface area contributed by atoms with Crippen molar-refractivity contribution < 1.29 is 9.59 Å². The molecule has 2 amide bonds. The smallest absolute Gasteiger partial charge is 0.245 e. The molecule has 1 atom stereocenters. The zero-order valence-electron chi connectivity index (χ0n) is 15.7. The van der Waals surface area contributed by atoms with Gasteiger partial charge in [0.05, 0.1) is 0 Å². The fourth-order valence-corrected chi connectivity index (χ4v) is 3.71. The molecule has 140 valence electrons. The van der Waals surface area contributed by atoms with Gasteiger partial charge in [0.1, 0.15) is 6.04 Å². The van der Waals surface area contributed by atoms with Crippen molar-refractivity contribution in [2.45, 2.75) is 46.6 Å². The lowest BCUT2D eigenvalue weighted by molar-refractivity contribution is -0.137. The Labute approximate surface area is 154 Å². The molecule has 1 aliphatic rings. The van der Waals surface area contributed by atoms with Crippen LogP contribution in [0.2, 0.25) is 0 Å². The zero-order chi connectivity index (χ0) is 18.4. The highest BCUT2D eigenvalue weighted by Crippen LogP contribution is 2.19. The SMILES string of the molecule is CC(C)CC(=O)N[C@H](C(=O)N1CCCN(c2nccs2)CC1)C(C)C. The minimum absolute atomic E-state index is 0.0353. The molecule has 0 spiro atoms. The molecule has 2 rings (SSSR count). The molecule has 0 radical (unpaired) electrons. The Bertz CT molecular complexity index is 559. The molecule has 7 heteroatoms. The molecule has 1 fully saturated rings. The average molecular weight is 367 g/mol. The summed E-state index contributed by atoms with van der Waals surface area (Å²) >= 11 is 1.63. The van der Waals surface area contributed by atoms with Gasteiger partial charge in [-0.2, -0.15) is 0 Å². The van der Waals surface area contributed by atoms with E-state index in [1.54, 1.807) is 11.3 Å². The second kappa shape index (κ2) is 9.17. The molecular formula is C18H30N4O2S. The van der Waals surface area contributed by atoms with Gasteiger partial charge in [-0.3, -0.25) is 9.59 Å². The number of nitrogens with zero attached hydrogens (tertiary/aromatic N) is 3. The first-order chi connectivity index (χ1) is 11.9. The Balaban J connectivity index is 1.97. The molecule has 2 heterocycles. The van der Waals surface area contributed by atoms with E-state index in [0.717, 1.165) is 31.2 Å². The van der Waals surface area contributed by atoms with Gasteiger partial charge in [0.15, 0.2) is 5.13 Å². The van der Waals surface area contributed by atoms with Crippen LogP contribution in [0, 0.1) is 11.8 Å². The van der Waals surface area contributed by atoms with Crippen molar-refractivity contribution in [3.05, 3.63) is 11.6 Å². The van der Waals surface area contributed by atoms with E-state index in [-0.39, 0.29) is 23.7 Å². The van der Waals surface area contributed by atoms with Crippen LogP contribution >= 0.6 is 11.3 Å². The van der Waals surface area contributed by atoms with Crippen molar-refractivity contribution in [2.24, 2.45) is 11.8 Å². The topological polar surface area (TPSA) is 65.5 Å². The quantitative estimate of drug-likeness (QED) is 0.839. The summed E-state index contributed by atoms with van der Waals surface area (Å²) in [6.45, 7) is 11.1. The van der Waals surface area contributed by atoms with E-state index < -0.39 is 6.04 Å². The molecule has 0 aliphatic carbocycles. The van der Waals surface area contributed by atoms with E-state index in [1.165, 1.54) is 0 Å². The van der Waals surface area contributed by atoms with E-state index >= 15 is 0 Å². The number of rotatable bonds is 6. The highest BCUT2D eigenvalue weighted by molar-refractivity contribution is 7.13. The lowest BCUT2D eigenvalue weighted by atomic mass is 10.0. The number of carbonyl (C=O) groups excluding carboxylic acids is 2. The Morgan fingerprint density at radius 2 is 1.96 bits per heavy atom. The number of hydrogen-bond acceptors (Lipinski definition) is 5. The number of anilines is 1. The first-order valence-electron chi connectivity index (χ1n) is 9.11. The maximum atomic E-state index is 13.0. The van der Waals surface area contributed by atoms with Crippen molar-refractivity contribution in [2.75, 3.05) is 31.1 Å². The van der Waals surface area contributed by atoms with Crippen LogP contribution in [0.25, 0.3) is 0 Å². The van der Waals surface area contributed by atoms with Crippen molar-refractivity contribution in [3.8, 4) is 0 Å². The number of hydrogen-bond donors (Lipinski definition) is 1. The maximum Gasteiger partial charge on any atom is 0.245 e. The predicted molar refractivity (Wildman–Crippen MR) is 102 cm³/mol. The average Bonchev–Trinajstić information content (AvgIpc) is 2.95. The second-order valence-corrected chi connectivity index (χ2v) is 8.24. The van der Waals surface area contributed by atoms with Crippen LogP contribution in [0.15, 0.2) is 11.6 Å². The lowest BCUT2D eigenvalue weighted by Crippen LogP contribution is -2.52. The van der Waals surface area contributed by atoms with Crippen molar-refractivity contribution in [3.63, 3.8) is 0 Å². The third kappa shape index (κ3) is 5.70. The van der Waals surface area contributed by atoms with E-state index in [0.29, 0.717) is 13.0 Å². The molecule has 0 aromatic carbocycles. The van der Waals surface area contributed by atoms with Gasteiger partial charge in [0.25, 0.3) is 0 Å². The van der Waals surface area contributed by atoms with Gasteiger partial charge >= 0.3 is 0 Å². The minimum Gasteiger partial charge on any atom is -0.346 e. The van der Waals surface area contributed by atoms with Crippen LogP contribution in [0.5, 0.6) is 0 Å². The standard InChI is InChI=1S/C18H30N4O2S/c1-13(2)12-15(23)20-16(14(3)4)17(24)21-7-5-8-22(10-9-21)18-19-6-11-25-18/h6,11,13-14,16H,5,7-10,12H2,1-4H3,(H,20,23)/t16-/m0/s1. The fraction of sp³-hybridized carbons (Fsp3) is 0.722. The number of amides is 2. The van der Waals surface area contributed by atoms with Crippen LogP contribution in [0.3, 0.4) is 0 Å². The second-order valence-electron chi connectivity index (χ2n) is 7.37. The highest BCUT2D eigenvalue weighted by atomic mass is 32.1. The normalized spacial score (nSPS) is 16.9. The monoisotopic (exact) mass is 366 g/mol. The first-order valence-corrected chi connectivity index (χ1v) is 9.99. The van der Waals surface area contributed by atoms with Gasteiger partial charge in [-0.05, 0) is 18.3 Å². The summed E-state index contributed by atoms with van der Waals surface area (Å²) in [5.41, 5.74) is 0. The van der Waals surface area contributed by atoms with Gasteiger partial charge in [0, 0.05) is 44.2 Å². The lowest BCUT2D eigenvalue weighted by Gasteiger charge is -2.29. The minimum atomic E-state index is -0.447. The first kappa shape index (κ1) is 19.7. The third-order valence-corrected chi connectivity index (χ3v) is 5.17. The summed E-state index contributed by atoms with van der Waals surface area (Å²) in [5.74, 6) is 0.351. The van der Waals surface area contributed by atoms with Gasteiger partial charge in [-0.1, -0.05) is 27.7 Å². The van der Waals surface area contributed by atoms with E-state index in [1.807, 2.05) is 44.2 Å². The number of carbonyl (C=O) groups is 2. The van der Waals surface area contributed by atoms with E-state index in [9.17, 15) is 9.59 Å². The molecule has 1 aliphatic heterocycles. The van der Waals surface area contributed by atoms with E-state index in [2.05, 4.69) is 15.2 Å². The molecule has 1 aromatic rings. The van der Waals surface area contributed by atoms with Gasteiger partial charge in [-0.15, -0.1) is 11.3 Å².